The molecule has 1 heterocycles. The summed E-state index contributed by atoms with van der Waals surface area (Å²) in [5.41, 5.74) is 2.12. The first-order chi connectivity index (χ1) is 9.83. The molecule has 0 atom stereocenters. The van der Waals surface area contributed by atoms with E-state index in [9.17, 15) is 10.1 Å². The SMILES string of the molecule is CC(C)(C)NCc1cnn(Cc2cccc([N+](=O)[O-])c2)c1. The molecule has 0 aliphatic heterocycles. The largest absolute Gasteiger partial charge is 0.308 e. The monoisotopic (exact) mass is 288 g/mol. The highest BCUT2D eigenvalue weighted by Gasteiger charge is 2.10. The molecule has 0 aliphatic rings. The van der Waals surface area contributed by atoms with Crippen molar-refractivity contribution >= 4 is 5.69 Å². The van der Waals surface area contributed by atoms with Crippen LogP contribution in [0.2, 0.25) is 0 Å². The third-order valence-corrected chi connectivity index (χ3v) is 2.98. The van der Waals surface area contributed by atoms with E-state index < -0.39 is 0 Å². The number of aromatic nitrogens is 2. The molecule has 0 saturated heterocycles. The highest BCUT2D eigenvalue weighted by Crippen LogP contribution is 2.14. The molecule has 2 aromatic rings. The highest BCUT2D eigenvalue weighted by molar-refractivity contribution is 5.34. The molecule has 1 N–H and O–H groups in total. The van der Waals surface area contributed by atoms with Crippen LogP contribution in [0.25, 0.3) is 0 Å². The van der Waals surface area contributed by atoms with Crippen LogP contribution in [-0.2, 0) is 13.1 Å². The summed E-state index contributed by atoms with van der Waals surface area (Å²) in [6, 6.07) is 6.63. The second-order valence-corrected chi connectivity index (χ2v) is 6.08. The van der Waals surface area contributed by atoms with Crippen LogP contribution in [0.15, 0.2) is 36.7 Å². The molecule has 0 saturated carbocycles. The van der Waals surface area contributed by atoms with Gasteiger partial charge in [-0.3, -0.25) is 14.8 Å². The van der Waals surface area contributed by atoms with Crippen LogP contribution in [0, 0.1) is 10.1 Å². The lowest BCUT2D eigenvalue weighted by atomic mass is 10.1. The van der Waals surface area contributed by atoms with Gasteiger partial charge in [-0.25, -0.2) is 0 Å². The number of nitro benzene ring substituents is 1. The fraction of sp³-hybridized carbons (Fsp3) is 0.400. The van der Waals surface area contributed by atoms with E-state index in [0.717, 1.165) is 17.7 Å². The van der Waals surface area contributed by atoms with Crippen molar-refractivity contribution in [1.29, 1.82) is 0 Å². The van der Waals surface area contributed by atoms with Crippen molar-refractivity contribution in [3.8, 4) is 0 Å². The second-order valence-electron chi connectivity index (χ2n) is 6.08. The Morgan fingerprint density at radius 1 is 1.33 bits per heavy atom. The van der Waals surface area contributed by atoms with Gasteiger partial charge in [0.15, 0.2) is 0 Å². The molecule has 2 rings (SSSR count). The summed E-state index contributed by atoms with van der Waals surface area (Å²) in [6.07, 6.45) is 3.77. The zero-order valence-electron chi connectivity index (χ0n) is 12.5. The van der Waals surface area contributed by atoms with Crippen molar-refractivity contribution in [3.63, 3.8) is 0 Å². The van der Waals surface area contributed by atoms with Gasteiger partial charge in [-0.1, -0.05) is 12.1 Å². The van der Waals surface area contributed by atoms with Crippen molar-refractivity contribution in [2.75, 3.05) is 0 Å². The van der Waals surface area contributed by atoms with E-state index >= 15 is 0 Å². The predicted octanol–water partition coefficient (Wildman–Crippen LogP) is 2.73. The van der Waals surface area contributed by atoms with Gasteiger partial charge >= 0.3 is 0 Å². The highest BCUT2D eigenvalue weighted by atomic mass is 16.6. The average molecular weight is 288 g/mol. The number of nitrogens with one attached hydrogen (secondary N) is 1. The molecule has 0 spiro atoms. The number of hydrogen-bond acceptors (Lipinski definition) is 4. The van der Waals surface area contributed by atoms with Crippen molar-refractivity contribution in [3.05, 3.63) is 57.9 Å². The fourth-order valence-corrected chi connectivity index (χ4v) is 1.91. The summed E-state index contributed by atoms with van der Waals surface area (Å²) in [5.74, 6) is 0. The van der Waals surface area contributed by atoms with Crippen LogP contribution in [0.1, 0.15) is 31.9 Å². The summed E-state index contributed by atoms with van der Waals surface area (Å²) in [6.45, 7) is 7.61. The van der Waals surface area contributed by atoms with Crippen molar-refractivity contribution in [2.45, 2.75) is 39.4 Å². The number of non-ortho nitro benzene ring substituents is 1. The van der Waals surface area contributed by atoms with Gasteiger partial charge in [-0.15, -0.1) is 0 Å². The van der Waals surface area contributed by atoms with E-state index in [2.05, 4.69) is 31.2 Å². The van der Waals surface area contributed by atoms with Crippen LogP contribution in [-0.4, -0.2) is 20.2 Å². The first kappa shape index (κ1) is 15.2. The maximum Gasteiger partial charge on any atom is 0.269 e. The van der Waals surface area contributed by atoms with E-state index in [-0.39, 0.29) is 16.1 Å². The molecule has 0 amide bonds. The average Bonchev–Trinajstić information content (AvgIpc) is 2.83. The molecule has 112 valence electrons. The molecule has 21 heavy (non-hydrogen) atoms. The Morgan fingerprint density at radius 3 is 2.76 bits per heavy atom. The minimum Gasteiger partial charge on any atom is -0.308 e. The molecule has 6 heteroatoms. The van der Waals surface area contributed by atoms with Crippen molar-refractivity contribution in [2.24, 2.45) is 0 Å². The lowest BCUT2D eigenvalue weighted by Crippen LogP contribution is -2.34. The van der Waals surface area contributed by atoms with Crippen molar-refractivity contribution < 1.29 is 4.92 Å². The Labute approximate surface area is 123 Å². The number of nitro groups is 1. The first-order valence-electron chi connectivity index (χ1n) is 6.83. The molecule has 0 unspecified atom stereocenters. The zero-order chi connectivity index (χ0) is 15.5. The Balaban J connectivity index is 2.02. The standard InChI is InChI=1S/C15H20N4O2/c1-15(2,3)16-8-13-9-17-18(11-13)10-12-5-4-6-14(7-12)19(20)21/h4-7,9,11,16H,8,10H2,1-3H3. The van der Waals surface area contributed by atoms with Crippen LogP contribution in [0.3, 0.4) is 0 Å². The van der Waals surface area contributed by atoms with E-state index in [1.165, 1.54) is 6.07 Å². The topological polar surface area (TPSA) is 73.0 Å². The molecule has 0 aliphatic carbocycles. The van der Waals surface area contributed by atoms with Gasteiger partial charge < -0.3 is 5.32 Å². The van der Waals surface area contributed by atoms with Gasteiger partial charge in [-0.2, -0.15) is 5.10 Å². The lowest BCUT2D eigenvalue weighted by Gasteiger charge is -2.19. The number of nitrogens with zero attached hydrogens (tertiary/aromatic N) is 3. The van der Waals surface area contributed by atoms with Crippen LogP contribution in [0.5, 0.6) is 0 Å². The molecule has 0 radical (unpaired) electrons. The van der Waals surface area contributed by atoms with E-state index in [0.29, 0.717) is 6.54 Å². The summed E-state index contributed by atoms with van der Waals surface area (Å²) >= 11 is 0. The van der Waals surface area contributed by atoms with Gasteiger partial charge in [0.1, 0.15) is 0 Å². The van der Waals surface area contributed by atoms with E-state index in [4.69, 9.17) is 0 Å². The molecule has 1 aromatic carbocycles. The quantitative estimate of drug-likeness (QED) is 0.678. The van der Waals surface area contributed by atoms with Crippen molar-refractivity contribution in [1.82, 2.24) is 15.1 Å². The maximum atomic E-state index is 10.8. The van der Waals surface area contributed by atoms with Gasteiger partial charge in [0, 0.05) is 36.0 Å². The fourth-order valence-electron chi connectivity index (χ4n) is 1.91. The Bertz CT molecular complexity index is 629. The normalized spacial score (nSPS) is 11.6. The van der Waals surface area contributed by atoms with Gasteiger partial charge in [-0.05, 0) is 26.3 Å². The Morgan fingerprint density at radius 2 is 2.10 bits per heavy atom. The van der Waals surface area contributed by atoms with Gasteiger partial charge in [0.2, 0.25) is 0 Å². The number of hydrogen-bond donors (Lipinski definition) is 1. The van der Waals surface area contributed by atoms with Crippen LogP contribution in [0.4, 0.5) is 5.69 Å². The van der Waals surface area contributed by atoms with Gasteiger partial charge in [0.05, 0.1) is 17.7 Å². The third kappa shape index (κ3) is 4.68. The second kappa shape index (κ2) is 6.05. The maximum absolute atomic E-state index is 10.8. The third-order valence-electron chi connectivity index (χ3n) is 2.98. The molecule has 6 nitrogen and oxygen atoms in total. The molecular weight excluding hydrogens is 268 g/mol. The van der Waals surface area contributed by atoms with Crippen LogP contribution < -0.4 is 5.32 Å². The first-order valence-corrected chi connectivity index (χ1v) is 6.83. The van der Waals surface area contributed by atoms with Gasteiger partial charge in [0.25, 0.3) is 5.69 Å². The van der Waals surface area contributed by atoms with E-state index in [1.807, 2.05) is 18.5 Å². The molecule has 0 bridgehead atoms. The molecule has 0 fully saturated rings. The Kier molecular flexibility index (Phi) is 4.37. The smallest absolute Gasteiger partial charge is 0.269 e. The molecule has 1 aromatic heterocycles. The summed E-state index contributed by atoms with van der Waals surface area (Å²) < 4.78 is 1.79. The Hall–Kier alpha value is -2.21. The minimum atomic E-state index is -0.384. The predicted molar refractivity (Wildman–Crippen MR) is 81.0 cm³/mol. The lowest BCUT2D eigenvalue weighted by molar-refractivity contribution is -0.384. The minimum absolute atomic E-state index is 0.0577. The molecular formula is C15H20N4O2. The van der Waals surface area contributed by atoms with Crippen LogP contribution >= 0.6 is 0 Å². The summed E-state index contributed by atoms with van der Waals surface area (Å²) in [5, 5.41) is 18.5. The van der Waals surface area contributed by atoms with E-state index in [1.54, 1.807) is 16.8 Å². The zero-order valence-corrected chi connectivity index (χ0v) is 12.5. The number of rotatable bonds is 5. The summed E-state index contributed by atoms with van der Waals surface area (Å²) in [4.78, 5) is 10.4. The summed E-state index contributed by atoms with van der Waals surface area (Å²) in [7, 11) is 0. The number of benzene rings is 1.